The number of aromatic nitrogens is 2. The molecule has 0 spiro atoms. The summed E-state index contributed by atoms with van der Waals surface area (Å²) in [6.45, 7) is 2.08. The molecule has 2 aromatic rings. The van der Waals surface area contributed by atoms with Crippen molar-refractivity contribution in [1.82, 2.24) is 9.55 Å². The van der Waals surface area contributed by atoms with Gasteiger partial charge in [-0.1, -0.05) is 30.8 Å². The molecule has 0 saturated heterocycles. The SMILES string of the molecule is CCSc1nc2ccccc2n1C(=O)C1CC1. The Morgan fingerprint density at radius 1 is 1.47 bits per heavy atom. The fraction of sp³-hybridized carbons (Fsp3) is 0.385. The second-order valence-corrected chi connectivity index (χ2v) is 5.50. The predicted molar refractivity (Wildman–Crippen MR) is 69.5 cm³/mol. The molecular weight excluding hydrogens is 232 g/mol. The smallest absolute Gasteiger partial charge is 0.236 e. The van der Waals surface area contributed by atoms with Gasteiger partial charge in [0.25, 0.3) is 0 Å². The van der Waals surface area contributed by atoms with Crippen molar-refractivity contribution in [3.8, 4) is 0 Å². The molecule has 17 heavy (non-hydrogen) atoms. The number of fused-ring (bicyclic) bond motifs is 1. The zero-order valence-electron chi connectivity index (χ0n) is 9.72. The second-order valence-electron chi connectivity index (χ2n) is 4.26. The lowest BCUT2D eigenvalue weighted by Crippen LogP contribution is -2.13. The van der Waals surface area contributed by atoms with Gasteiger partial charge in [-0.15, -0.1) is 0 Å². The van der Waals surface area contributed by atoms with E-state index in [0.717, 1.165) is 34.8 Å². The third kappa shape index (κ3) is 1.86. The van der Waals surface area contributed by atoms with Crippen LogP contribution in [0.3, 0.4) is 0 Å². The first-order chi connectivity index (χ1) is 8.31. The molecule has 0 amide bonds. The van der Waals surface area contributed by atoms with E-state index in [-0.39, 0.29) is 11.8 Å². The highest BCUT2D eigenvalue weighted by Gasteiger charge is 2.33. The lowest BCUT2D eigenvalue weighted by molar-refractivity contribution is 0.0881. The minimum atomic E-state index is 0.217. The first-order valence-corrected chi connectivity index (χ1v) is 6.94. The average molecular weight is 246 g/mol. The van der Waals surface area contributed by atoms with Gasteiger partial charge in [0.05, 0.1) is 11.0 Å². The van der Waals surface area contributed by atoms with Crippen LogP contribution in [0.15, 0.2) is 29.4 Å². The number of imidazole rings is 1. The zero-order valence-corrected chi connectivity index (χ0v) is 10.5. The van der Waals surface area contributed by atoms with E-state index >= 15 is 0 Å². The van der Waals surface area contributed by atoms with Crippen LogP contribution in [0.4, 0.5) is 0 Å². The molecule has 3 nitrogen and oxygen atoms in total. The van der Waals surface area contributed by atoms with E-state index in [1.165, 1.54) is 0 Å². The largest absolute Gasteiger partial charge is 0.274 e. The standard InChI is InChI=1S/C13H14N2OS/c1-2-17-13-14-10-5-3-4-6-11(10)15(13)12(16)9-7-8-9/h3-6,9H,2,7-8H2,1H3. The highest BCUT2D eigenvalue weighted by atomic mass is 32.2. The molecule has 0 radical (unpaired) electrons. The number of carbonyl (C=O) groups is 1. The summed E-state index contributed by atoms with van der Waals surface area (Å²) < 4.78 is 1.81. The molecule has 1 heterocycles. The third-order valence-electron chi connectivity index (χ3n) is 2.95. The van der Waals surface area contributed by atoms with Gasteiger partial charge in [0, 0.05) is 5.92 Å². The Morgan fingerprint density at radius 3 is 2.94 bits per heavy atom. The van der Waals surface area contributed by atoms with Crippen LogP contribution in [-0.4, -0.2) is 21.2 Å². The number of hydrogen-bond acceptors (Lipinski definition) is 3. The van der Waals surface area contributed by atoms with Gasteiger partial charge in [0.2, 0.25) is 5.91 Å². The summed E-state index contributed by atoms with van der Waals surface area (Å²) in [5.41, 5.74) is 1.86. The van der Waals surface area contributed by atoms with Crippen molar-refractivity contribution < 1.29 is 4.79 Å². The summed E-state index contributed by atoms with van der Waals surface area (Å²) in [7, 11) is 0. The summed E-state index contributed by atoms with van der Waals surface area (Å²) in [5, 5.41) is 0.839. The van der Waals surface area contributed by atoms with E-state index in [9.17, 15) is 4.79 Å². The fourth-order valence-electron chi connectivity index (χ4n) is 1.96. The second kappa shape index (κ2) is 4.18. The molecule has 4 heteroatoms. The molecule has 0 atom stereocenters. The summed E-state index contributed by atoms with van der Waals surface area (Å²) >= 11 is 1.63. The average Bonchev–Trinajstić information content (AvgIpc) is 3.11. The van der Waals surface area contributed by atoms with Crippen molar-refractivity contribution in [2.24, 2.45) is 5.92 Å². The van der Waals surface area contributed by atoms with E-state index in [2.05, 4.69) is 11.9 Å². The summed E-state index contributed by atoms with van der Waals surface area (Å²) in [6.07, 6.45) is 2.06. The molecule has 0 aliphatic heterocycles. The number of hydrogen-bond donors (Lipinski definition) is 0. The number of carbonyl (C=O) groups excluding carboxylic acids is 1. The molecule has 1 aromatic carbocycles. The Bertz CT molecular complexity index is 572. The Balaban J connectivity index is 2.16. The molecule has 88 valence electrons. The molecule has 0 N–H and O–H groups in total. The minimum Gasteiger partial charge on any atom is -0.274 e. The molecule has 1 fully saturated rings. The summed E-state index contributed by atoms with van der Waals surface area (Å²) in [5.74, 6) is 1.37. The van der Waals surface area contributed by atoms with Crippen molar-refractivity contribution in [3.63, 3.8) is 0 Å². The molecule has 1 aliphatic carbocycles. The normalized spacial score (nSPS) is 15.4. The van der Waals surface area contributed by atoms with Crippen LogP contribution >= 0.6 is 11.8 Å². The van der Waals surface area contributed by atoms with Crippen LogP contribution in [0, 0.1) is 5.92 Å². The quantitative estimate of drug-likeness (QED) is 0.780. The first kappa shape index (κ1) is 10.8. The van der Waals surface area contributed by atoms with E-state index < -0.39 is 0 Å². The van der Waals surface area contributed by atoms with Gasteiger partial charge in [0.15, 0.2) is 5.16 Å². The molecule has 1 saturated carbocycles. The van der Waals surface area contributed by atoms with Crippen LogP contribution in [0.5, 0.6) is 0 Å². The maximum Gasteiger partial charge on any atom is 0.236 e. The van der Waals surface area contributed by atoms with Gasteiger partial charge in [-0.3, -0.25) is 9.36 Å². The van der Waals surface area contributed by atoms with Crippen LogP contribution in [0.25, 0.3) is 11.0 Å². The Kier molecular flexibility index (Phi) is 2.67. The number of para-hydroxylation sites is 2. The zero-order chi connectivity index (χ0) is 11.8. The van der Waals surface area contributed by atoms with Crippen LogP contribution in [-0.2, 0) is 0 Å². The van der Waals surface area contributed by atoms with Crippen molar-refractivity contribution in [2.75, 3.05) is 5.75 Å². The lowest BCUT2D eigenvalue weighted by Gasteiger charge is -2.05. The number of nitrogens with zero attached hydrogens (tertiary/aromatic N) is 2. The van der Waals surface area contributed by atoms with E-state index in [1.54, 1.807) is 16.3 Å². The first-order valence-electron chi connectivity index (χ1n) is 5.95. The lowest BCUT2D eigenvalue weighted by atomic mass is 10.3. The Hall–Kier alpha value is -1.29. The third-order valence-corrected chi connectivity index (χ3v) is 3.77. The minimum absolute atomic E-state index is 0.217. The topological polar surface area (TPSA) is 34.9 Å². The van der Waals surface area contributed by atoms with Gasteiger partial charge in [0.1, 0.15) is 0 Å². The molecule has 1 aromatic heterocycles. The predicted octanol–water partition coefficient (Wildman–Crippen LogP) is 3.20. The van der Waals surface area contributed by atoms with Crippen LogP contribution in [0.1, 0.15) is 24.6 Å². The molecular formula is C13H14N2OS. The van der Waals surface area contributed by atoms with Gasteiger partial charge in [-0.25, -0.2) is 4.98 Å². The van der Waals surface area contributed by atoms with Gasteiger partial charge >= 0.3 is 0 Å². The Labute approximate surface area is 104 Å². The Morgan fingerprint density at radius 2 is 2.24 bits per heavy atom. The van der Waals surface area contributed by atoms with Crippen molar-refractivity contribution in [1.29, 1.82) is 0 Å². The van der Waals surface area contributed by atoms with E-state index in [1.807, 2.05) is 24.3 Å². The highest BCUT2D eigenvalue weighted by Crippen LogP contribution is 2.34. The molecule has 3 rings (SSSR count). The van der Waals surface area contributed by atoms with Gasteiger partial charge in [-0.05, 0) is 30.7 Å². The molecule has 0 bridgehead atoms. The molecule has 1 aliphatic rings. The van der Waals surface area contributed by atoms with Gasteiger partial charge < -0.3 is 0 Å². The van der Waals surface area contributed by atoms with Crippen molar-refractivity contribution in [2.45, 2.75) is 24.9 Å². The monoisotopic (exact) mass is 246 g/mol. The highest BCUT2D eigenvalue weighted by molar-refractivity contribution is 7.99. The van der Waals surface area contributed by atoms with E-state index in [0.29, 0.717) is 0 Å². The van der Waals surface area contributed by atoms with Crippen LogP contribution in [0.2, 0.25) is 0 Å². The molecule has 0 unspecified atom stereocenters. The number of rotatable bonds is 3. The number of benzene rings is 1. The number of thioether (sulfide) groups is 1. The van der Waals surface area contributed by atoms with Crippen molar-refractivity contribution >= 4 is 28.7 Å². The van der Waals surface area contributed by atoms with Gasteiger partial charge in [-0.2, -0.15) is 0 Å². The fourth-order valence-corrected chi connectivity index (χ4v) is 2.69. The summed E-state index contributed by atoms with van der Waals surface area (Å²) in [6, 6.07) is 7.86. The maximum atomic E-state index is 12.3. The van der Waals surface area contributed by atoms with Crippen molar-refractivity contribution in [3.05, 3.63) is 24.3 Å². The van der Waals surface area contributed by atoms with E-state index in [4.69, 9.17) is 0 Å². The van der Waals surface area contributed by atoms with Crippen LogP contribution < -0.4 is 0 Å². The summed E-state index contributed by atoms with van der Waals surface area (Å²) in [4.78, 5) is 16.8. The maximum absolute atomic E-state index is 12.3.